The van der Waals surface area contributed by atoms with E-state index in [2.05, 4.69) is 56.9 Å². The van der Waals surface area contributed by atoms with Crippen molar-refractivity contribution in [3.8, 4) is 0 Å². The van der Waals surface area contributed by atoms with Gasteiger partial charge in [-0.15, -0.1) is 0 Å². The van der Waals surface area contributed by atoms with Gasteiger partial charge < -0.3 is 10.6 Å². The number of aryl methyl sites for hydroxylation is 2. The fourth-order valence-corrected chi connectivity index (χ4v) is 2.06. The van der Waals surface area contributed by atoms with Crippen molar-refractivity contribution in [3.63, 3.8) is 0 Å². The largest absolute Gasteiger partial charge is 0.356 e. The first-order valence-corrected chi connectivity index (χ1v) is 7.02. The zero-order valence-electron chi connectivity index (χ0n) is 12.8. The van der Waals surface area contributed by atoms with E-state index in [4.69, 9.17) is 0 Å². The number of guanidine groups is 1. The topological polar surface area (TPSA) is 67.1 Å². The predicted octanol–water partition coefficient (Wildman–Crippen LogP) is 1.03. The summed E-state index contributed by atoms with van der Waals surface area (Å²) in [5.41, 5.74) is 2.61. The molecule has 0 atom stereocenters. The first kappa shape index (κ1) is 15.0. The van der Waals surface area contributed by atoms with Crippen molar-refractivity contribution in [2.75, 3.05) is 13.6 Å². The van der Waals surface area contributed by atoms with Crippen LogP contribution in [0.25, 0.3) is 0 Å². The minimum absolute atomic E-state index is 0.598. The Hall–Kier alpha value is -2.37. The summed E-state index contributed by atoms with van der Waals surface area (Å²) in [6.45, 7) is 3.54. The van der Waals surface area contributed by atoms with Gasteiger partial charge >= 0.3 is 0 Å². The van der Waals surface area contributed by atoms with Crippen molar-refractivity contribution in [1.29, 1.82) is 0 Å². The lowest BCUT2D eigenvalue weighted by Crippen LogP contribution is -2.38. The molecule has 21 heavy (non-hydrogen) atoms. The molecule has 0 aliphatic rings. The van der Waals surface area contributed by atoms with E-state index in [1.165, 1.54) is 11.1 Å². The van der Waals surface area contributed by atoms with Crippen molar-refractivity contribution >= 4 is 5.96 Å². The van der Waals surface area contributed by atoms with Gasteiger partial charge in [-0.1, -0.05) is 29.8 Å². The molecule has 0 amide bonds. The molecule has 0 aliphatic carbocycles. The fraction of sp³-hybridized carbons (Fsp3) is 0.400. The van der Waals surface area contributed by atoms with Gasteiger partial charge in [0.05, 0.1) is 6.54 Å². The molecule has 0 saturated carbocycles. The lowest BCUT2D eigenvalue weighted by molar-refractivity contribution is 0.672. The zero-order valence-corrected chi connectivity index (χ0v) is 12.8. The van der Waals surface area contributed by atoms with Crippen LogP contribution in [0.15, 0.2) is 35.6 Å². The van der Waals surface area contributed by atoms with Crippen LogP contribution in [0.1, 0.15) is 17.0 Å². The van der Waals surface area contributed by atoms with E-state index in [9.17, 15) is 0 Å². The van der Waals surface area contributed by atoms with E-state index >= 15 is 0 Å². The summed E-state index contributed by atoms with van der Waals surface area (Å²) in [6.07, 6.45) is 2.51. The second-order valence-electron chi connectivity index (χ2n) is 4.89. The van der Waals surface area contributed by atoms with Crippen molar-refractivity contribution in [1.82, 2.24) is 25.4 Å². The van der Waals surface area contributed by atoms with Gasteiger partial charge in [0.1, 0.15) is 12.2 Å². The third-order valence-corrected chi connectivity index (χ3v) is 3.23. The van der Waals surface area contributed by atoms with E-state index < -0.39 is 0 Å². The summed E-state index contributed by atoms with van der Waals surface area (Å²) in [5, 5.41) is 10.6. The number of hydrogen-bond donors (Lipinski definition) is 2. The molecule has 0 unspecified atom stereocenters. The number of nitrogens with zero attached hydrogens (tertiary/aromatic N) is 4. The highest BCUT2D eigenvalue weighted by atomic mass is 15.3. The zero-order chi connectivity index (χ0) is 15.1. The van der Waals surface area contributed by atoms with Crippen LogP contribution < -0.4 is 10.6 Å². The van der Waals surface area contributed by atoms with Gasteiger partial charge in [0.15, 0.2) is 5.96 Å². The number of aliphatic imine (C=N–C) groups is 1. The van der Waals surface area contributed by atoms with Crippen molar-refractivity contribution in [2.45, 2.75) is 19.9 Å². The highest BCUT2D eigenvalue weighted by Gasteiger charge is 2.02. The second kappa shape index (κ2) is 7.42. The van der Waals surface area contributed by atoms with Crippen molar-refractivity contribution < 1.29 is 0 Å². The Morgan fingerprint density at radius 2 is 2.19 bits per heavy atom. The molecule has 0 bridgehead atoms. The summed E-state index contributed by atoms with van der Waals surface area (Å²) in [6, 6.07) is 8.55. The molecule has 2 N–H and O–H groups in total. The van der Waals surface area contributed by atoms with Gasteiger partial charge in [-0.3, -0.25) is 9.67 Å². The normalized spacial score (nSPS) is 11.5. The number of aromatic nitrogens is 3. The Morgan fingerprint density at radius 3 is 2.86 bits per heavy atom. The smallest absolute Gasteiger partial charge is 0.191 e. The van der Waals surface area contributed by atoms with Crippen LogP contribution in [-0.2, 0) is 20.0 Å². The molecule has 6 heteroatoms. The van der Waals surface area contributed by atoms with E-state index in [1.54, 1.807) is 18.1 Å². The van der Waals surface area contributed by atoms with E-state index in [-0.39, 0.29) is 0 Å². The minimum Gasteiger partial charge on any atom is -0.356 e. The Morgan fingerprint density at radius 1 is 1.33 bits per heavy atom. The number of rotatable bonds is 5. The monoisotopic (exact) mass is 286 g/mol. The first-order chi connectivity index (χ1) is 10.2. The Bertz CT molecular complexity index is 602. The molecule has 1 heterocycles. The van der Waals surface area contributed by atoms with Crippen LogP contribution in [-0.4, -0.2) is 34.3 Å². The van der Waals surface area contributed by atoms with Crippen LogP contribution in [0.3, 0.4) is 0 Å². The van der Waals surface area contributed by atoms with Crippen LogP contribution in [0.5, 0.6) is 0 Å². The van der Waals surface area contributed by atoms with E-state index in [0.717, 1.165) is 24.7 Å². The maximum Gasteiger partial charge on any atom is 0.191 e. The average Bonchev–Trinajstić information content (AvgIpc) is 2.88. The summed E-state index contributed by atoms with van der Waals surface area (Å²) in [7, 11) is 3.64. The second-order valence-corrected chi connectivity index (χ2v) is 4.89. The Labute approximate surface area is 125 Å². The van der Waals surface area contributed by atoms with Gasteiger partial charge in [0.25, 0.3) is 0 Å². The SMILES string of the molecule is CN=C(NCCc1cccc(C)c1)NCc1ncnn1C. The van der Waals surface area contributed by atoms with E-state index in [0.29, 0.717) is 6.54 Å². The molecule has 2 aromatic rings. The molecule has 1 aromatic carbocycles. The summed E-state index contributed by atoms with van der Waals surface area (Å²) < 4.78 is 1.74. The van der Waals surface area contributed by atoms with Gasteiger partial charge in [-0.05, 0) is 18.9 Å². The number of benzene rings is 1. The van der Waals surface area contributed by atoms with Crippen LogP contribution in [0.4, 0.5) is 0 Å². The number of hydrogen-bond acceptors (Lipinski definition) is 3. The quantitative estimate of drug-likeness (QED) is 0.636. The third kappa shape index (κ3) is 4.59. The maximum atomic E-state index is 4.20. The van der Waals surface area contributed by atoms with Crippen LogP contribution in [0, 0.1) is 6.92 Å². The molecular weight excluding hydrogens is 264 g/mol. The number of nitrogens with one attached hydrogen (secondary N) is 2. The lowest BCUT2D eigenvalue weighted by Gasteiger charge is -2.11. The molecule has 0 fully saturated rings. The Kier molecular flexibility index (Phi) is 5.31. The molecule has 0 spiro atoms. The molecular formula is C15H22N6. The fourth-order valence-electron chi connectivity index (χ4n) is 2.06. The molecule has 2 rings (SSSR count). The molecule has 6 nitrogen and oxygen atoms in total. The van der Waals surface area contributed by atoms with E-state index in [1.807, 2.05) is 7.05 Å². The summed E-state index contributed by atoms with van der Waals surface area (Å²) >= 11 is 0. The molecule has 112 valence electrons. The first-order valence-electron chi connectivity index (χ1n) is 7.02. The van der Waals surface area contributed by atoms with Crippen LogP contribution >= 0.6 is 0 Å². The van der Waals surface area contributed by atoms with Gasteiger partial charge in [0, 0.05) is 20.6 Å². The minimum atomic E-state index is 0.598. The van der Waals surface area contributed by atoms with Crippen molar-refractivity contribution in [3.05, 3.63) is 47.5 Å². The van der Waals surface area contributed by atoms with Gasteiger partial charge in [-0.25, -0.2) is 4.98 Å². The lowest BCUT2D eigenvalue weighted by atomic mass is 10.1. The maximum absolute atomic E-state index is 4.20. The van der Waals surface area contributed by atoms with Crippen LogP contribution in [0.2, 0.25) is 0 Å². The van der Waals surface area contributed by atoms with Crippen molar-refractivity contribution in [2.24, 2.45) is 12.0 Å². The highest BCUT2D eigenvalue weighted by molar-refractivity contribution is 5.79. The summed E-state index contributed by atoms with van der Waals surface area (Å²) in [4.78, 5) is 8.37. The Balaban J connectivity index is 1.77. The predicted molar refractivity (Wildman–Crippen MR) is 84.1 cm³/mol. The molecule has 0 radical (unpaired) electrons. The third-order valence-electron chi connectivity index (χ3n) is 3.23. The molecule has 1 aromatic heterocycles. The van der Waals surface area contributed by atoms with Gasteiger partial charge in [-0.2, -0.15) is 5.10 Å². The average molecular weight is 286 g/mol. The summed E-state index contributed by atoms with van der Waals surface area (Å²) in [5.74, 6) is 1.64. The molecule has 0 aliphatic heterocycles. The highest BCUT2D eigenvalue weighted by Crippen LogP contribution is 2.03. The van der Waals surface area contributed by atoms with Gasteiger partial charge in [0.2, 0.25) is 0 Å². The molecule has 0 saturated heterocycles. The standard InChI is InChI=1S/C15H22N6/c1-12-5-4-6-13(9-12)7-8-17-15(16-2)18-10-14-19-11-20-21(14)3/h4-6,9,11H,7-8,10H2,1-3H3,(H2,16,17,18).